The molecule has 0 atom stereocenters. The van der Waals surface area contributed by atoms with Gasteiger partial charge in [0.15, 0.2) is 24.1 Å². The summed E-state index contributed by atoms with van der Waals surface area (Å²) in [5, 5.41) is 6.28. The third-order valence-corrected chi connectivity index (χ3v) is 3.88. The lowest BCUT2D eigenvalue weighted by molar-refractivity contribution is -0.153. The van der Waals surface area contributed by atoms with Crippen molar-refractivity contribution in [3.63, 3.8) is 0 Å². The number of fused-ring (bicyclic) bond motifs is 1. The highest BCUT2D eigenvalue weighted by atomic mass is 19.4. The number of nitrogens with one attached hydrogen (secondary N) is 2. The van der Waals surface area contributed by atoms with Crippen LogP contribution >= 0.6 is 0 Å². The highest BCUT2D eigenvalue weighted by Gasteiger charge is 2.28. The molecule has 6 nitrogen and oxygen atoms in total. The zero-order valence-corrected chi connectivity index (χ0v) is 15.2. The van der Waals surface area contributed by atoms with Gasteiger partial charge in [-0.15, -0.1) is 0 Å². The molecule has 0 unspecified atom stereocenters. The molecule has 2 N–H and O–H groups in total. The predicted molar refractivity (Wildman–Crippen MR) is 97.6 cm³/mol. The monoisotopic (exact) mass is 395 g/mol. The predicted octanol–water partition coefficient (Wildman–Crippen LogP) is 3.22. The summed E-state index contributed by atoms with van der Waals surface area (Å²) in [4.78, 5) is 4.14. The summed E-state index contributed by atoms with van der Waals surface area (Å²) in [7, 11) is 1.64. The smallest absolute Gasteiger partial charge is 0.422 e. The average molecular weight is 395 g/mol. The number of benzene rings is 2. The van der Waals surface area contributed by atoms with Crippen molar-refractivity contribution in [2.24, 2.45) is 4.99 Å². The SMILES string of the molecule is CN=C(NCc1cccc(OCC(F)(F)F)c1)NCc1ccc2c(c1)OCO2. The van der Waals surface area contributed by atoms with Crippen LogP contribution in [-0.2, 0) is 13.1 Å². The quantitative estimate of drug-likeness (QED) is 0.581. The van der Waals surface area contributed by atoms with Gasteiger partial charge in [-0.2, -0.15) is 13.2 Å². The molecule has 28 heavy (non-hydrogen) atoms. The van der Waals surface area contributed by atoms with Crippen LogP contribution in [0.4, 0.5) is 13.2 Å². The Morgan fingerprint density at radius 2 is 1.75 bits per heavy atom. The van der Waals surface area contributed by atoms with E-state index in [4.69, 9.17) is 14.2 Å². The largest absolute Gasteiger partial charge is 0.484 e. The Balaban J connectivity index is 1.50. The third-order valence-electron chi connectivity index (χ3n) is 3.88. The Kier molecular flexibility index (Phi) is 6.13. The van der Waals surface area contributed by atoms with Crippen molar-refractivity contribution in [2.45, 2.75) is 19.3 Å². The van der Waals surface area contributed by atoms with Gasteiger partial charge in [-0.1, -0.05) is 18.2 Å². The van der Waals surface area contributed by atoms with Gasteiger partial charge < -0.3 is 24.8 Å². The third kappa shape index (κ3) is 5.70. The van der Waals surface area contributed by atoms with E-state index in [0.717, 1.165) is 16.9 Å². The van der Waals surface area contributed by atoms with Crippen LogP contribution in [0.15, 0.2) is 47.5 Å². The number of ether oxygens (including phenoxy) is 3. The Morgan fingerprint density at radius 1 is 1.04 bits per heavy atom. The van der Waals surface area contributed by atoms with Gasteiger partial charge in [0.05, 0.1) is 0 Å². The first-order valence-electron chi connectivity index (χ1n) is 8.54. The van der Waals surface area contributed by atoms with E-state index in [1.54, 1.807) is 25.2 Å². The molecule has 0 spiro atoms. The molecule has 9 heteroatoms. The minimum absolute atomic E-state index is 0.167. The fraction of sp³-hybridized carbons (Fsp3) is 0.316. The maximum atomic E-state index is 12.3. The normalized spacial score (nSPS) is 13.4. The molecule has 1 aliphatic rings. The minimum Gasteiger partial charge on any atom is -0.484 e. The molecule has 1 heterocycles. The standard InChI is InChI=1S/C19H20F3N3O3/c1-23-18(25-10-14-5-6-16-17(8-14)28-12-27-16)24-9-13-3-2-4-15(7-13)26-11-19(20,21)22/h2-8H,9-12H2,1H3,(H2,23,24,25). The first kappa shape index (κ1) is 19.7. The molecule has 150 valence electrons. The van der Waals surface area contributed by atoms with E-state index < -0.39 is 12.8 Å². The maximum Gasteiger partial charge on any atom is 0.422 e. The van der Waals surface area contributed by atoms with E-state index in [1.807, 2.05) is 18.2 Å². The number of alkyl halides is 3. The number of hydrogen-bond acceptors (Lipinski definition) is 4. The summed E-state index contributed by atoms with van der Waals surface area (Å²) in [5.41, 5.74) is 1.76. The van der Waals surface area contributed by atoms with Crippen LogP contribution in [0.2, 0.25) is 0 Å². The van der Waals surface area contributed by atoms with Crippen LogP contribution in [-0.4, -0.2) is 32.6 Å². The molecule has 0 aromatic heterocycles. The lowest BCUT2D eigenvalue weighted by atomic mass is 10.2. The molecule has 2 aromatic carbocycles. The van der Waals surface area contributed by atoms with E-state index in [-0.39, 0.29) is 12.5 Å². The minimum atomic E-state index is -4.37. The molecular formula is C19H20F3N3O3. The average Bonchev–Trinajstić information content (AvgIpc) is 3.14. The summed E-state index contributed by atoms with van der Waals surface area (Å²) in [6.07, 6.45) is -4.37. The van der Waals surface area contributed by atoms with Crippen molar-refractivity contribution >= 4 is 5.96 Å². The fourth-order valence-corrected chi connectivity index (χ4v) is 2.55. The van der Waals surface area contributed by atoms with E-state index >= 15 is 0 Å². The van der Waals surface area contributed by atoms with Crippen LogP contribution in [0.5, 0.6) is 17.2 Å². The Morgan fingerprint density at radius 3 is 2.46 bits per heavy atom. The van der Waals surface area contributed by atoms with Crippen molar-refractivity contribution in [3.05, 3.63) is 53.6 Å². The molecule has 3 rings (SSSR count). The molecular weight excluding hydrogens is 375 g/mol. The van der Waals surface area contributed by atoms with E-state index in [0.29, 0.717) is 24.8 Å². The first-order valence-corrected chi connectivity index (χ1v) is 8.54. The molecule has 1 aliphatic heterocycles. The van der Waals surface area contributed by atoms with Gasteiger partial charge in [0.2, 0.25) is 6.79 Å². The van der Waals surface area contributed by atoms with Crippen LogP contribution in [0, 0.1) is 0 Å². The number of nitrogens with zero attached hydrogens (tertiary/aromatic N) is 1. The summed E-state index contributed by atoms with van der Waals surface area (Å²) in [6.45, 7) is -0.196. The second-order valence-corrected chi connectivity index (χ2v) is 6.02. The number of aliphatic imine (C=N–C) groups is 1. The van der Waals surface area contributed by atoms with Gasteiger partial charge in [0, 0.05) is 20.1 Å². The molecule has 2 aromatic rings. The van der Waals surface area contributed by atoms with Crippen LogP contribution in [0.25, 0.3) is 0 Å². The molecule has 0 radical (unpaired) electrons. The summed E-state index contributed by atoms with van der Waals surface area (Å²) in [5.74, 6) is 2.15. The van der Waals surface area contributed by atoms with Crippen molar-refractivity contribution in [3.8, 4) is 17.2 Å². The number of guanidine groups is 1. The van der Waals surface area contributed by atoms with Crippen LogP contribution in [0.3, 0.4) is 0 Å². The van der Waals surface area contributed by atoms with Gasteiger partial charge in [0.1, 0.15) is 5.75 Å². The van der Waals surface area contributed by atoms with Gasteiger partial charge >= 0.3 is 6.18 Å². The van der Waals surface area contributed by atoms with Gasteiger partial charge in [-0.3, -0.25) is 4.99 Å². The van der Waals surface area contributed by atoms with E-state index in [9.17, 15) is 13.2 Å². The van der Waals surface area contributed by atoms with Gasteiger partial charge in [0.25, 0.3) is 0 Å². The molecule has 0 fully saturated rings. The Hall–Kier alpha value is -3.10. The van der Waals surface area contributed by atoms with E-state index in [1.165, 1.54) is 6.07 Å². The van der Waals surface area contributed by atoms with Crippen LogP contribution < -0.4 is 24.8 Å². The van der Waals surface area contributed by atoms with Crippen molar-refractivity contribution in [1.82, 2.24) is 10.6 Å². The van der Waals surface area contributed by atoms with Crippen molar-refractivity contribution < 1.29 is 27.4 Å². The molecule has 0 aliphatic carbocycles. The number of hydrogen-bond donors (Lipinski definition) is 2. The highest BCUT2D eigenvalue weighted by Crippen LogP contribution is 2.32. The topological polar surface area (TPSA) is 64.1 Å². The lowest BCUT2D eigenvalue weighted by Crippen LogP contribution is -2.36. The zero-order chi connectivity index (χ0) is 20.0. The lowest BCUT2D eigenvalue weighted by Gasteiger charge is -2.13. The molecule has 0 saturated carbocycles. The molecule has 0 bridgehead atoms. The number of rotatable bonds is 6. The van der Waals surface area contributed by atoms with Crippen molar-refractivity contribution in [2.75, 3.05) is 20.4 Å². The second-order valence-electron chi connectivity index (χ2n) is 6.02. The van der Waals surface area contributed by atoms with Crippen LogP contribution in [0.1, 0.15) is 11.1 Å². The molecule has 0 saturated heterocycles. The number of halogens is 3. The maximum absolute atomic E-state index is 12.3. The zero-order valence-electron chi connectivity index (χ0n) is 15.2. The Labute approximate surface area is 160 Å². The van der Waals surface area contributed by atoms with Gasteiger partial charge in [-0.05, 0) is 35.4 Å². The fourth-order valence-electron chi connectivity index (χ4n) is 2.55. The second kappa shape index (κ2) is 8.73. The van der Waals surface area contributed by atoms with E-state index in [2.05, 4.69) is 15.6 Å². The summed E-state index contributed by atoms with van der Waals surface area (Å²) in [6, 6.07) is 12.2. The Bertz CT molecular complexity index is 841. The molecule has 0 amide bonds. The van der Waals surface area contributed by atoms with Gasteiger partial charge in [-0.25, -0.2) is 0 Å². The summed E-state index contributed by atoms with van der Waals surface area (Å²) < 4.78 is 52.2. The van der Waals surface area contributed by atoms with Crippen molar-refractivity contribution in [1.29, 1.82) is 0 Å². The summed E-state index contributed by atoms with van der Waals surface area (Å²) >= 11 is 0. The highest BCUT2D eigenvalue weighted by molar-refractivity contribution is 5.79. The first-order chi connectivity index (χ1) is 13.4.